The first-order valence-electron chi connectivity index (χ1n) is 8.48. The number of halogens is 1. The molecular weight excluding hydrogens is 414 g/mol. The van der Waals surface area contributed by atoms with Crippen molar-refractivity contribution in [3.8, 4) is 5.75 Å². The van der Waals surface area contributed by atoms with Gasteiger partial charge in [0, 0.05) is 23.5 Å². The van der Waals surface area contributed by atoms with Gasteiger partial charge in [-0.05, 0) is 48.9 Å². The van der Waals surface area contributed by atoms with Gasteiger partial charge in [0.2, 0.25) is 0 Å². The first-order valence-corrected chi connectivity index (χ1v) is 10.3. The number of ether oxygens (including phenoxy) is 1. The van der Waals surface area contributed by atoms with Crippen molar-refractivity contribution in [2.45, 2.75) is 11.8 Å². The number of aromatic nitrogens is 1. The molecule has 7 nitrogen and oxygen atoms in total. The number of nitrogens with zero attached hydrogens (tertiary/aromatic N) is 1. The summed E-state index contributed by atoms with van der Waals surface area (Å²) >= 11 is 6.03. The van der Waals surface area contributed by atoms with E-state index >= 15 is 0 Å². The topological polar surface area (TPSA) is 97.4 Å². The highest BCUT2D eigenvalue weighted by Crippen LogP contribution is 2.30. The fourth-order valence-electron chi connectivity index (χ4n) is 2.50. The van der Waals surface area contributed by atoms with Crippen molar-refractivity contribution in [2.75, 3.05) is 17.1 Å². The molecule has 0 aliphatic carbocycles. The number of pyridine rings is 1. The lowest BCUT2D eigenvalue weighted by atomic mass is 10.2. The van der Waals surface area contributed by atoms with Crippen LogP contribution in [0.5, 0.6) is 5.75 Å². The third-order valence-electron chi connectivity index (χ3n) is 4.08. The zero-order chi connectivity index (χ0) is 21.0. The summed E-state index contributed by atoms with van der Waals surface area (Å²) in [5.74, 6) is -0.0663. The van der Waals surface area contributed by atoms with Crippen LogP contribution in [0.25, 0.3) is 0 Å². The minimum absolute atomic E-state index is 0.0426. The number of amides is 1. The number of hydrogen-bond acceptors (Lipinski definition) is 5. The molecule has 1 amide bonds. The Bertz CT molecular complexity index is 1150. The van der Waals surface area contributed by atoms with E-state index in [0.717, 1.165) is 5.56 Å². The molecule has 2 N–H and O–H groups in total. The Kier molecular flexibility index (Phi) is 6.05. The van der Waals surface area contributed by atoms with E-state index in [2.05, 4.69) is 15.0 Å². The zero-order valence-corrected chi connectivity index (χ0v) is 17.2. The Hall–Kier alpha value is -3.10. The van der Waals surface area contributed by atoms with Gasteiger partial charge in [-0.2, -0.15) is 0 Å². The van der Waals surface area contributed by atoms with Gasteiger partial charge in [0.05, 0.1) is 28.9 Å². The van der Waals surface area contributed by atoms with E-state index < -0.39 is 10.0 Å². The second kappa shape index (κ2) is 8.50. The van der Waals surface area contributed by atoms with Crippen molar-refractivity contribution in [1.82, 2.24) is 4.98 Å². The van der Waals surface area contributed by atoms with Gasteiger partial charge in [-0.15, -0.1) is 0 Å². The van der Waals surface area contributed by atoms with Crippen molar-refractivity contribution in [3.05, 3.63) is 77.1 Å². The molecule has 0 aliphatic rings. The van der Waals surface area contributed by atoms with Gasteiger partial charge >= 0.3 is 0 Å². The molecule has 2 aromatic carbocycles. The molecule has 0 radical (unpaired) electrons. The summed E-state index contributed by atoms with van der Waals surface area (Å²) in [7, 11) is -2.42. The molecule has 150 valence electrons. The molecule has 1 heterocycles. The summed E-state index contributed by atoms with van der Waals surface area (Å²) in [6.45, 7) is 1.79. The van der Waals surface area contributed by atoms with Crippen LogP contribution in [-0.2, 0) is 10.0 Å². The van der Waals surface area contributed by atoms with E-state index in [1.165, 1.54) is 37.6 Å². The number of sulfonamides is 1. The van der Waals surface area contributed by atoms with Crippen LogP contribution in [0, 0.1) is 6.92 Å². The van der Waals surface area contributed by atoms with E-state index in [1.54, 1.807) is 37.4 Å². The van der Waals surface area contributed by atoms with Crippen molar-refractivity contribution >= 4 is 38.9 Å². The number of rotatable bonds is 6. The van der Waals surface area contributed by atoms with E-state index in [-0.39, 0.29) is 16.5 Å². The monoisotopic (exact) mass is 431 g/mol. The Morgan fingerprint density at radius 2 is 1.93 bits per heavy atom. The molecule has 0 saturated carbocycles. The van der Waals surface area contributed by atoms with E-state index in [1.807, 2.05) is 0 Å². The number of benzene rings is 2. The van der Waals surface area contributed by atoms with Gasteiger partial charge in [0.15, 0.2) is 0 Å². The summed E-state index contributed by atoms with van der Waals surface area (Å²) in [4.78, 5) is 16.3. The van der Waals surface area contributed by atoms with Crippen molar-refractivity contribution in [3.63, 3.8) is 0 Å². The molecular formula is C20H18ClN3O4S. The average Bonchev–Trinajstić information content (AvgIpc) is 2.71. The fraction of sp³-hybridized carbons (Fsp3) is 0.100. The maximum absolute atomic E-state index is 12.6. The smallest absolute Gasteiger partial charge is 0.261 e. The molecule has 3 aromatic rings. The summed E-state index contributed by atoms with van der Waals surface area (Å²) in [6, 6.07) is 12.3. The van der Waals surface area contributed by atoms with Crippen LogP contribution in [0.15, 0.2) is 65.8 Å². The number of carbonyl (C=O) groups is 1. The number of hydrogen-bond donors (Lipinski definition) is 2. The van der Waals surface area contributed by atoms with Gasteiger partial charge in [-0.1, -0.05) is 17.7 Å². The third-order valence-corrected chi connectivity index (χ3v) is 5.87. The van der Waals surface area contributed by atoms with Crippen molar-refractivity contribution < 1.29 is 17.9 Å². The predicted octanol–water partition coefficient (Wildman–Crippen LogP) is 4.11. The molecule has 0 atom stereocenters. The van der Waals surface area contributed by atoms with E-state index in [0.29, 0.717) is 22.0 Å². The second-order valence-corrected chi connectivity index (χ2v) is 8.22. The minimum Gasteiger partial charge on any atom is -0.494 e. The highest BCUT2D eigenvalue weighted by atomic mass is 35.5. The Morgan fingerprint density at radius 1 is 1.14 bits per heavy atom. The summed E-state index contributed by atoms with van der Waals surface area (Å²) in [5.41, 5.74) is 1.83. The molecule has 0 aliphatic heterocycles. The predicted molar refractivity (Wildman–Crippen MR) is 112 cm³/mol. The van der Waals surface area contributed by atoms with Crippen LogP contribution in [-0.4, -0.2) is 26.4 Å². The highest BCUT2D eigenvalue weighted by molar-refractivity contribution is 7.92. The van der Waals surface area contributed by atoms with Gasteiger partial charge in [-0.25, -0.2) is 8.42 Å². The molecule has 0 spiro atoms. The molecule has 0 bridgehead atoms. The lowest BCUT2D eigenvalue weighted by Crippen LogP contribution is -2.14. The summed E-state index contributed by atoms with van der Waals surface area (Å²) in [6.07, 6.45) is 3.01. The SMILES string of the molecule is COc1cc(NS(=O)(=O)c2ccc(C)c(Cl)c2)ccc1NC(=O)c1cccnc1. The molecule has 0 fully saturated rings. The van der Waals surface area contributed by atoms with Crippen molar-refractivity contribution in [1.29, 1.82) is 0 Å². The number of anilines is 2. The van der Waals surface area contributed by atoms with E-state index in [9.17, 15) is 13.2 Å². The van der Waals surface area contributed by atoms with Gasteiger partial charge < -0.3 is 10.1 Å². The molecule has 0 saturated heterocycles. The normalized spacial score (nSPS) is 11.0. The van der Waals surface area contributed by atoms with Crippen molar-refractivity contribution in [2.24, 2.45) is 0 Å². The number of carbonyl (C=O) groups excluding carboxylic acids is 1. The maximum Gasteiger partial charge on any atom is 0.261 e. The Morgan fingerprint density at radius 3 is 2.59 bits per heavy atom. The molecule has 9 heteroatoms. The summed E-state index contributed by atoms with van der Waals surface area (Å²) in [5, 5.41) is 3.07. The second-order valence-electron chi connectivity index (χ2n) is 6.13. The molecule has 0 unspecified atom stereocenters. The minimum atomic E-state index is -3.84. The van der Waals surface area contributed by atoms with Crippen LogP contribution in [0.2, 0.25) is 5.02 Å². The van der Waals surface area contributed by atoms with Gasteiger partial charge in [0.1, 0.15) is 5.75 Å². The number of aryl methyl sites for hydroxylation is 1. The standard InChI is InChI=1S/C20H18ClN3O4S/c1-13-5-7-16(11-17(13)21)29(26,27)24-15-6-8-18(19(10-15)28-2)23-20(25)14-4-3-9-22-12-14/h3-12,24H,1-2H3,(H,23,25). The number of methoxy groups -OCH3 is 1. The lowest BCUT2D eigenvalue weighted by molar-refractivity contribution is 0.102. The highest BCUT2D eigenvalue weighted by Gasteiger charge is 2.17. The molecule has 1 aromatic heterocycles. The Balaban J connectivity index is 1.83. The first-order chi connectivity index (χ1) is 13.8. The van der Waals surface area contributed by atoms with Crippen LogP contribution in [0.3, 0.4) is 0 Å². The fourth-order valence-corrected chi connectivity index (χ4v) is 3.82. The molecule has 29 heavy (non-hydrogen) atoms. The average molecular weight is 432 g/mol. The zero-order valence-electron chi connectivity index (χ0n) is 15.6. The largest absolute Gasteiger partial charge is 0.494 e. The van der Waals surface area contributed by atoms with Crippen LogP contribution in [0.4, 0.5) is 11.4 Å². The third kappa shape index (κ3) is 4.85. The quantitative estimate of drug-likeness (QED) is 0.612. The maximum atomic E-state index is 12.6. The van der Waals surface area contributed by atoms with Gasteiger partial charge in [-0.3, -0.25) is 14.5 Å². The number of nitrogens with one attached hydrogen (secondary N) is 2. The lowest BCUT2D eigenvalue weighted by Gasteiger charge is -2.14. The van der Waals surface area contributed by atoms with Crippen LogP contribution >= 0.6 is 11.6 Å². The van der Waals surface area contributed by atoms with E-state index in [4.69, 9.17) is 16.3 Å². The van der Waals surface area contributed by atoms with Crippen LogP contribution < -0.4 is 14.8 Å². The summed E-state index contributed by atoms with van der Waals surface area (Å²) < 4.78 is 33.0. The van der Waals surface area contributed by atoms with Gasteiger partial charge in [0.25, 0.3) is 15.9 Å². The molecule has 3 rings (SSSR count). The van der Waals surface area contributed by atoms with Crippen LogP contribution in [0.1, 0.15) is 15.9 Å². The Labute approximate surface area is 173 Å². The first kappa shape index (κ1) is 20.6.